The molecule has 5 heteroatoms. The van der Waals surface area contributed by atoms with Crippen LogP contribution >= 0.6 is 11.3 Å². The average Bonchev–Trinajstić information content (AvgIpc) is 3.23. The molecule has 1 atom stereocenters. The largest absolute Gasteiger partial charge is 0.355 e. The average molecular weight is 326 g/mol. The molecule has 0 saturated carbocycles. The van der Waals surface area contributed by atoms with Crippen molar-refractivity contribution < 1.29 is 9.32 Å². The van der Waals surface area contributed by atoms with Crippen molar-refractivity contribution in [2.45, 2.75) is 19.8 Å². The van der Waals surface area contributed by atoms with E-state index < -0.39 is 0 Å². The smallest absolute Gasteiger partial charge is 0.273 e. The van der Waals surface area contributed by atoms with Crippen LogP contribution in [0, 0.1) is 6.92 Å². The maximum absolute atomic E-state index is 12.2. The first-order chi connectivity index (χ1) is 11.1. The number of aryl methyl sites for hydroxylation is 1. The summed E-state index contributed by atoms with van der Waals surface area (Å²) in [7, 11) is 0. The molecule has 1 aromatic carbocycles. The van der Waals surface area contributed by atoms with Crippen molar-refractivity contribution in [3.63, 3.8) is 0 Å². The van der Waals surface area contributed by atoms with Gasteiger partial charge in [-0.3, -0.25) is 4.79 Å². The van der Waals surface area contributed by atoms with Crippen molar-refractivity contribution in [1.29, 1.82) is 0 Å². The van der Waals surface area contributed by atoms with Crippen LogP contribution in [0.2, 0.25) is 0 Å². The highest BCUT2D eigenvalue weighted by atomic mass is 32.1. The third kappa shape index (κ3) is 3.51. The van der Waals surface area contributed by atoms with E-state index in [4.69, 9.17) is 4.52 Å². The lowest BCUT2D eigenvalue weighted by atomic mass is 9.96. The Bertz CT molecular complexity index is 793. The van der Waals surface area contributed by atoms with Crippen molar-refractivity contribution in [2.75, 3.05) is 6.54 Å². The fraction of sp³-hybridized carbons (Fsp3) is 0.222. The fourth-order valence-corrected chi connectivity index (χ4v) is 3.18. The standard InChI is InChI=1S/C18H18N2O2S/c1-12-6-3-4-7-14(12)13(2)11-19-18(21)15-10-16(22-20-15)17-8-5-9-23-17/h3-10,13H,11H2,1-2H3,(H,19,21)/t13-/m1/s1. The molecule has 0 spiro atoms. The maximum Gasteiger partial charge on any atom is 0.273 e. The first-order valence-corrected chi connectivity index (χ1v) is 8.37. The van der Waals surface area contributed by atoms with Crippen molar-refractivity contribution in [2.24, 2.45) is 0 Å². The molecule has 118 valence electrons. The summed E-state index contributed by atoms with van der Waals surface area (Å²) in [5, 5.41) is 8.74. The lowest BCUT2D eigenvalue weighted by molar-refractivity contribution is 0.0942. The Hall–Kier alpha value is -2.40. The molecule has 0 fully saturated rings. The van der Waals surface area contributed by atoms with Crippen molar-refractivity contribution in [3.05, 3.63) is 64.7 Å². The number of nitrogens with zero attached hydrogens (tertiary/aromatic N) is 1. The topological polar surface area (TPSA) is 55.1 Å². The molecule has 0 saturated heterocycles. The molecule has 0 aliphatic carbocycles. The number of hydrogen-bond acceptors (Lipinski definition) is 4. The first-order valence-electron chi connectivity index (χ1n) is 7.49. The number of rotatable bonds is 5. The lowest BCUT2D eigenvalue weighted by Gasteiger charge is -2.14. The van der Waals surface area contributed by atoms with Gasteiger partial charge < -0.3 is 9.84 Å². The second kappa shape index (κ2) is 6.79. The molecule has 0 aliphatic rings. The van der Waals surface area contributed by atoms with Crippen LogP contribution in [0.25, 0.3) is 10.6 Å². The summed E-state index contributed by atoms with van der Waals surface area (Å²) in [5.74, 6) is 0.651. The first kappa shape index (κ1) is 15.5. The van der Waals surface area contributed by atoms with Gasteiger partial charge in [-0.1, -0.05) is 42.4 Å². The van der Waals surface area contributed by atoms with Crippen LogP contribution in [0.15, 0.2) is 52.4 Å². The minimum atomic E-state index is -0.211. The van der Waals surface area contributed by atoms with Crippen molar-refractivity contribution in [1.82, 2.24) is 10.5 Å². The van der Waals surface area contributed by atoms with E-state index in [0.29, 0.717) is 18.0 Å². The molecule has 0 bridgehead atoms. The Kier molecular flexibility index (Phi) is 4.57. The fourth-order valence-electron chi connectivity index (χ4n) is 2.50. The highest BCUT2D eigenvalue weighted by Crippen LogP contribution is 2.25. The van der Waals surface area contributed by atoms with Gasteiger partial charge in [0.05, 0.1) is 4.88 Å². The third-order valence-corrected chi connectivity index (χ3v) is 4.68. The van der Waals surface area contributed by atoms with Gasteiger partial charge in [-0.2, -0.15) is 0 Å². The third-order valence-electron chi connectivity index (χ3n) is 3.80. The van der Waals surface area contributed by atoms with Crippen LogP contribution in [0.4, 0.5) is 0 Å². The molecule has 0 unspecified atom stereocenters. The maximum atomic E-state index is 12.2. The number of carbonyl (C=O) groups is 1. The zero-order chi connectivity index (χ0) is 16.2. The van der Waals surface area contributed by atoms with E-state index in [-0.39, 0.29) is 11.8 Å². The SMILES string of the molecule is Cc1ccccc1[C@H](C)CNC(=O)c1cc(-c2cccs2)on1. The number of hydrogen-bond donors (Lipinski definition) is 1. The van der Waals surface area contributed by atoms with Gasteiger partial charge in [0, 0.05) is 12.6 Å². The zero-order valence-electron chi connectivity index (χ0n) is 13.1. The van der Waals surface area contributed by atoms with Gasteiger partial charge in [0.25, 0.3) is 5.91 Å². The van der Waals surface area contributed by atoms with E-state index in [2.05, 4.69) is 36.5 Å². The van der Waals surface area contributed by atoms with Gasteiger partial charge in [-0.05, 0) is 35.4 Å². The second-order valence-electron chi connectivity index (χ2n) is 5.52. The van der Waals surface area contributed by atoms with Gasteiger partial charge in [0.2, 0.25) is 0 Å². The lowest BCUT2D eigenvalue weighted by Crippen LogP contribution is -2.27. The summed E-state index contributed by atoms with van der Waals surface area (Å²) >= 11 is 1.55. The van der Waals surface area contributed by atoms with Crippen LogP contribution in [0.3, 0.4) is 0 Å². The highest BCUT2D eigenvalue weighted by molar-refractivity contribution is 7.13. The van der Waals surface area contributed by atoms with Crippen LogP contribution in [-0.2, 0) is 0 Å². The van der Waals surface area contributed by atoms with Crippen LogP contribution in [0.5, 0.6) is 0 Å². The Morgan fingerprint density at radius 3 is 2.87 bits per heavy atom. The van der Waals surface area contributed by atoms with Crippen LogP contribution in [0.1, 0.15) is 34.5 Å². The molecular formula is C18H18N2O2S. The number of aromatic nitrogens is 1. The van der Waals surface area contributed by atoms with E-state index in [1.807, 2.05) is 29.6 Å². The minimum absolute atomic E-state index is 0.211. The zero-order valence-corrected chi connectivity index (χ0v) is 13.9. The summed E-state index contributed by atoms with van der Waals surface area (Å²) in [5.41, 5.74) is 2.79. The van der Waals surface area contributed by atoms with Crippen molar-refractivity contribution in [3.8, 4) is 10.6 Å². The van der Waals surface area contributed by atoms with Gasteiger partial charge in [-0.25, -0.2) is 0 Å². The van der Waals surface area contributed by atoms with Gasteiger partial charge in [0.1, 0.15) is 0 Å². The summed E-state index contributed by atoms with van der Waals surface area (Å²) in [6.07, 6.45) is 0. The molecule has 2 heterocycles. The quantitative estimate of drug-likeness (QED) is 0.763. The second-order valence-corrected chi connectivity index (χ2v) is 6.47. The monoisotopic (exact) mass is 326 g/mol. The molecule has 2 aromatic heterocycles. The van der Waals surface area contributed by atoms with Gasteiger partial charge >= 0.3 is 0 Å². The van der Waals surface area contributed by atoms with E-state index >= 15 is 0 Å². The molecule has 3 rings (SSSR count). The number of thiophene rings is 1. The normalized spacial score (nSPS) is 12.1. The Labute approximate surface area is 139 Å². The summed E-state index contributed by atoms with van der Waals surface area (Å²) < 4.78 is 5.24. The number of nitrogens with one attached hydrogen (secondary N) is 1. The molecule has 1 N–H and O–H groups in total. The molecule has 23 heavy (non-hydrogen) atoms. The summed E-state index contributed by atoms with van der Waals surface area (Å²) in [6.45, 7) is 4.74. The Morgan fingerprint density at radius 2 is 2.13 bits per heavy atom. The predicted octanol–water partition coefficient (Wildman–Crippen LogP) is 4.25. The summed E-state index contributed by atoms with van der Waals surface area (Å²) in [6, 6.07) is 13.8. The van der Waals surface area contributed by atoms with Crippen molar-refractivity contribution >= 4 is 17.2 Å². The Balaban J connectivity index is 1.63. The molecule has 4 nitrogen and oxygen atoms in total. The van der Waals surface area contributed by atoms with Crippen LogP contribution < -0.4 is 5.32 Å². The van der Waals surface area contributed by atoms with Crippen LogP contribution in [-0.4, -0.2) is 17.6 Å². The number of benzene rings is 1. The molecular weight excluding hydrogens is 308 g/mol. The van der Waals surface area contributed by atoms with E-state index in [9.17, 15) is 4.79 Å². The Morgan fingerprint density at radius 1 is 1.30 bits per heavy atom. The molecule has 3 aromatic rings. The predicted molar refractivity (Wildman–Crippen MR) is 91.7 cm³/mol. The summed E-state index contributed by atoms with van der Waals surface area (Å²) in [4.78, 5) is 13.2. The highest BCUT2D eigenvalue weighted by Gasteiger charge is 2.15. The minimum Gasteiger partial charge on any atom is -0.355 e. The van der Waals surface area contributed by atoms with Gasteiger partial charge in [-0.15, -0.1) is 11.3 Å². The molecule has 1 amide bonds. The number of carbonyl (C=O) groups excluding carboxylic acids is 1. The van der Waals surface area contributed by atoms with Gasteiger partial charge in [0.15, 0.2) is 11.5 Å². The van der Waals surface area contributed by atoms with E-state index in [0.717, 1.165) is 4.88 Å². The molecule has 0 aliphatic heterocycles. The van der Waals surface area contributed by atoms with E-state index in [1.54, 1.807) is 17.4 Å². The number of amides is 1. The van der Waals surface area contributed by atoms with E-state index in [1.165, 1.54) is 11.1 Å². The molecule has 0 radical (unpaired) electrons.